The van der Waals surface area contributed by atoms with Crippen LogP contribution in [-0.4, -0.2) is 13.1 Å². The van der Waals surface area contributed by atoms with Crippen molar-refractivity contribution < 1.29 is 18.7 Å². The van der Waals surface area contributed by atoms with Crippen LogP contribution in [0.2, 0.25) is 0 Å². The topological polar surface area (TPSA) is 48.7 Å². The zero-order chi connectivity index (χ0) is 20.8. The fourth-order valence-corrected chi connectivity index (χ4v) is 3.24. The zero-order valence-electron chi connectivity index (χ0n) is 17.4. The summed E-state index contributed by atoms with van der Waals surface area (Å²) < 4.78 is 16.9. The molecule has 1 aromatic heterocycles. The first-order valence-corrected chi connectivity index (χ1v) is 10.0. The highest BCUT2D eigenvalue weighted by molar-refractivity contribution is 5.87. The molecular weight excluding hydrogens is 364 g/mol. The van der Waals surface area contributed by atoms with Gasteiger partial charge in [-0.3, -0.25) is 0 Å². The van der Waals surface area contributed by atoms with Crippen LogP contribution in [0.4, 0.5) is 0 Å². The van der Waals surface area contributed by atoms with Crippen molar-refractivity contribution in [3.8, 4) is 17.1 Å². The number of ether oxygens (including phenoxy) is 2. The zero-order valence-corrected chi connectivity index (χ0v) is 17.4. The summed E-state index contributed by atoms with van der Waals surface area (Å²) in [6, 6.07) is 14.1. The first-order chi connectivity index (χ1) is 14.0. The molecule has 29 heavy (non-hydrogen) atoms. The molecule has 0 saturated heterocycles. The van der Waals surface area contributed by atoms with Crippen LogP contribution in [0, 0.1) is 0 Å². The molecule has 4 heteroatoms. The van der Waals surface area contributed by atoms with Gasteiger partial charge in [-0.1, -0.05) is 44.5 Å². The van der Waals surface area contributed by atoms with Gasteiger partial charge in [0.25, 0.3) is 0 Å². The normalized spacial score (nSPS) is 10.9. The van der Waals surface area contributed by atoms with Crippen LogP contribution in [0.3, 0.4) is 0 Å². The molecule has 0 aliphatic carbocycles. The van der Waals surface area contributed by atoms with Crippen molar-refractivity contribution in [2.75, 3.05) is 7.11 Å². The van der Waals surface area contributed by atoms with E-state index < -0.39 is 5.97 Å². The second-order valence-corrected chi connectivity index (χ2v) is 7.33. The van der Waals surface area contributed by atoms with E-state index in [0.717, 1.165) is 40.0 Å². The lowest BCUT2D eigenvalue weighted by Gasteiger charge is -2.09. The van der Waals surface area contributed by atoms with Gasteiger partial charge in [0.05, 0.1) is 12.7 Å². The number of hydrogen-bond acceptors (Lipinski definition) is 4. The van der Waals surface area contributed by atoms with Gasteiger partial charge in [0.2, 0.25) is 0 Å². The first-order valence-electron chi connectivity index (χ1n) is 10.0. The Bertz CT molecular complexity index is 1010. The first kappa shape index (κ1) is 20.7. The molecule has 0 fully saturated rings. The van der Waals surface area contributed by atoms with E-state index in [2.05, 4.69) is 31.7 Å². The third-order valence-corrected chi connectivity index (χ3v) is 4.90. The molecule has 3 aromatic rings. The summed E-state index contributed by atoms with van der Waals surface area (Å²) in [6.07, 6.45) is 4.68. The summed E-state index contributed by atoms with van der Waals surface area (Å²) in [6.45, 7) is 7.62. The number of furan rings is 1. The lowest BCUT2D eigenvalue weighted by atomic mass is 10.0. The SMILES string of the molecule is C=C(C)C(=O)OCc1ccc2cc(-c3ccc(CCCCC)cc3OC)oc2c1. The Hall–Kier alpha value is -3.01. The predicted octanol–water partition coefficient (Wildman–Crippen LogP) is 6.46. The maximum atomic E-state index is 11.6. The van der Waals surface area contributed by atoms with Crippen LogP contribution >= 0.6 is 0 Å². The van der Waals surface area contributed by atoms with E-state index in [9.17, 15) is 4.79 Å². The summed E-state index contributed by atoms with van der Waals surface area (Å²) >= 11 is 0. The molecule has 0 saturated carbocycles. The molecule has 2 aromatic carbocycles. The van der Waals surface area contributed by atoms with Crippen molar-refractivity contribution in [2.45, 2.75) is 46.1 Å². The lowest BCUT2D eigenvalue weighted by molar-refractivity contribution is -0.140. The summed E-state index contributed by atoms with van der Waals surface area (Å²) in [5.74, 6) is 1.18. The average molecular weight is 392 g/mol. The molecule has 3 rings (SSSR count). The molecule has 0 aliphatic heterocycles. The largest absolute Gasteiger partial charge is 0.496 e. The molecule has 0 bridgehead atoms. The molecule has 0 spiro atoms. The third kappa shape index (κ3) is 5.08. The van der Waals surface area contributed by atoms with Gasteiger partial charge in [0, 0.05) is 11.0 Å². The highest BCUT2D eigenvalue weighted by Crippen LogP contribution is 2.35. The van der Waals surface area contributed by atoms with E-state index in [1.54, 1.807) is 14.0 Å². The number of aryl methyl sites for hydroxylation is 1. The second-order valence-electron chi connectivity index (χ2n) is 7.33. The monoisotopic (exact) mass is 392 g/mol. The van der Waals surface area contributed by atoms with Gasteiger partial charge < -0.3 is 13.9 Å². The van der Waals surface area contributed by atoms with E-state index in [4.69, 9.17) is 13.9 Å². The Labute approximate surface area is 172 Å². The van der Waals surface area contributed by atoms with E-state index in [1.807, 2.05) is 24.3 Å². The Kier molecular flexibility index (Phi) is 6.76. The molecular formula is C25H28O4. The van der Waals surface area contributed by atoms with Crippen molar-refractivity contribution in [1.82, 2.24) is 0 Å². The summed E-state index contributed by atoms with van der Waals surface area (Å²) in [5, 5.41) is 0.990. The van der Waals surface area contributed by atoms with Gasteiger partial charge in [-0.15, -0.1) is 0 Å². The number of fused-ring (bicyclic) bond motifs is 1. The number of esters is 1. The average Bonchev–Trinajstić information content (AvgIpc) is 3.15. The quantitative estimate of drug-likeness (QED) is 0.238. The Balaban J connectivity index is 1.82. The van der Waals surface area contributed by atoms with Crippen LogP contribution in [0.15, 0.2) is 59.0 Å². The van der Waals surface area contributed by atoms with Crippen LogP contribution < -0.4 is 4.74 Å². The minimum absolute atomic E-state index is 0.188. The Morgan fingerprint density at radius 1 is 1.07 bits per heavy atom. The molecule has 4 nitrogen and oxygen atoms in total. The van der Waals surface area contributed by atoms with Crippen molar-refractivity contribution in [1.29, 1.82) is 0 Å². The number of carbonyl (C=O) groups excluding carboxylic acids is 1. The van der Waals surface area contributed by atoms with Crippen molar-refractivity contribution >= 4 is 16.9 Å². The van der Waals surface area contributed by atoms with Crippen molar-refractivity contribution in [3.63, 3.8) is 0 Å². The van der Waals surface area contributed by atoms with E-state index in [0.29, 0.717) is 5.57 Å². The predicted molar refractivity (Wildman–Crippen MR) is 116 cm³/mol. The molecule has 0 atom stereocenters. The molecule has 152 valence electrons. The summed E-state index contributed by atoms with van der Waals surface area (Å²) in [7, 11) is 1.69. The van der Waals surface area contributed by atoms with E-state index >= 15 is 0 Å². The minimum atomic E-state index is -0.394. The fourth-order valence-electron chi connectivity index (χ4n) is 3.24. The molecule has 0 amide bonds. The molecule has 0 unspecified atom stereocenters. The molecule has 0 aliphatic rings. The number of benzene rings is 2. The second kappa shape index (κ2) is 9.46. The number of carbonyl (C=O) groups is 1. The summed E-state index contributed by atoms with van der Waals surface area (Å²) in [5.41, 5.74) is 4.20. The lowest BCUT2D eigenvalue weighted by Crippen LogP contribution is -2.04. The van der Waals surface area contributed by atoms with Gasteiger partial charge in [0.15, 0.2) is 0 Å². The fraction of sp³-hybridized carbons (Fsp3) is 0.320. The van der Waals surface area contributed by atoms with Crippen LogP contribution in [0.25, 0.3) is 22.3 Å². The highest BCUT2D eigenvalue weighted by Gasteiger charge is 2.13. The molecule has 0 N–H and O–H groups in total. The minimum Gasteiger partial charge on any atom is -0.496 e. The van der Waals surface area contributed by atoms with Crippen molar-refractivity contribution in [3.05, 3.63) is 65.7 Å². The van der Waals surface area contributed by atoms with Crippen LogP contribution in [0.1, 0.15) is 44.2 Å². The Morgan fingerprint density at radius 3 is 2.59 bits per heavy atom. The van der Waals surface area contributed by atoms with Crippen molar-refractivity contribution in [2.24, 2.45) is 0 Å². The van der Waals surface area contributed by atoms with Gasteiger partial charge in [-0.2, -0.15) is 0 Å². The summed E-state index contributed by atoms with van der Waals surface area (Å²) in [4.78, 5) is 11.6. The van der Waals surface area contributed by atoms with Gasteiger partial charge in [-0.05, 0) is 55.2 Å². The smallest absolute Gasteiger partial charge is 0.333 e. The molecule has 1 heterocycles. The van der Waals surface area contributed by atoms with Crippen LogP contribution in [0.5, 0.6) is 5.75 Å². The number of methoxy groups -OCH3 is 1. The van der Waals surface area contributed by atoms with E-state index in [1.165, 1.54) is 24.8 Å². The maximum Gasteiger partial charge on any atom is 0.333 e. The number of unbranched alkanes of at least 4 members (excludes halogenated alkanes) is 2. The number of hydrogen-bond donors (Lipinski definition) is 0. The van der Waals surface area contributed by atoms with Crippen LogP contribution in [-0.2, 0) is 22.6 Å². The maximum absolute atomic E-state index is 11.6. The standard InChI is InChI=1S/C25H28O4/c1-5-6-7-8-18-10-12-21(23(13-18)27-4)24-15-20-11-9-19(14-22(20)29-24)16-28-25(26)17(2)3/h9-15H,2,5-8,16H2,1,3-4H3. The number of rotatable bonds is 9. The van der Waals surface area contributed by atoms with Gasteiger partial charge in [-0.25, -0.2) is 4.79 Å². The third-order valence-electron chi connectivity index (χ3n) is 4.90. The van der Waals surface area contributed by atoms with Gasteiger partial charge in [0.1, 0.15) is 23.7 Å². The molecule has 0 radical (unpaired) electrons. The highest BCUT2D eigenvalue weighted by atomic mass is 16.5. The Morgan fingerprint density at radius 2 is 1.86 bits per heavy atom. The van der Waals surface area contributed by atoms with E-state index in [-0.39, 0.29) is 6.61 Å². The van der Waals surface area contributed by atoms with Gasteiger partial charge >= 0.3 is 5.97 Å².